The topological polar surface area (TPSA) is 84.7 Å². The van der Waals surface area contributed by atoms with Crippen LogP contribution in [0.5, 0.6) is 0 Å². The van der Waals surface area contributed by atoms with E-state index in [1.165, 1.54) is 0 Å². The zero-order chi connectivity index (χ0) is 20.4. The lowest BCUT2D eigenvalue weighted by Crippen LogP contribution is -2.28. The van der Waals surface area contributed by atoms with Crippen molar-refractivity contribution < 1.29 is 14.3 Å². The van der Waals surface area contributed by atoms with Gasteiger partial charge >= 0.3 is 0 Å². The van der Waals surface area contributed by atoms with E-state index in [4.69, 9.17) is 4.74 Å². The van der Waals surface area contributed by atoms with Crippen LogP contribution in [0.15, 0.2) is 42.7 Å². The van der Waals surface area contributed by atoms with Gasteiger partial charge in [-0.1, -0.05) is 12.1 Å². The van der Waals surface area contributed by atoms with Crippen molar-refractivity contribution in [2.75, 3.05) is 11.9 Å². The molecule has 0 aliphatic carbocycles. The van der Waals surface area contributed by atoms with E-state index in [1.54, 1.807) is 18.2 Å². The van der Waals surface area contributed by atoms with Crippen LogP contribution in [0.3, 0.4) is 0 Å². The fourth-order valence-corrected chi connectivity index (χ4v) is 3.57. The second kappa shape index (κ2) is 8.05. The molecule has 0 unspecified atom stereocenters. The Balaban J connectivity index is 1.45. The van der Waals surface area contributed by atoms with Crippen LogP contribution in [-0.4, -0.2) is 33.9 Å². The van der Waals surface area contributed by atoms with Gasteiger partial charge in [0.2, 0.25) is 0 Å². The zero-order valence-electron chi connectivity index (χ0n) is 16.6. The quantitative estimate of drug-likeness (QED) is 0.699. The number of carbonyl (C=O) groups excluding carboxylic acids is 2. The average Bonchev–Trinajstić information content (AvgIpc) is 3.38. The first-order valence-electron chi connectivity index (χ1n) is 9.76. The van der Waals surface area contributed by atoms with Crippen LogP contribution in [-0.2, 0) is 16.1 Å². The Hall–Kier alpha value is -3.19. The maximum absolute atomic E-state index is 12.7. The number of hydrogen-bond donors (Lipinski definition) is 2. The Bertz CT molecular complexity index is 1070. The van der Waals surface area contributed by atoms with E-state index >= 15 is 0 Å². The number of nitrogens with one attached hydrogen (secondary N) is 2. The summed E-state index contributed by atoms with van der Waals surface area (Å²) >= 11 is 0. The van der Waals surface area contributed by atoms with E-state index < -0.39 is 6.10 Å². The van der Waals surface area contributed by atoms with E-state index in [1.807, 2.05) is 42.8 Å². The molecule has 1 aliphatic rings. The smallest absolute Gasteiger partial charge is 0.253 e. The predicted molar refractivity (Wildman–Crippen MR) is 110 cm³/mol. The third kappa shape index (κ3) is 4.00. The van der Waals surface area contributed by atoms with Crippen molar-refractivity contribution >= 4 is 23.1 Å². The van der Waals surface area contributed by atoms with Crippen molar-refractivity contribution in [1.82, 2.24) is 14.7 Å². The summed E-state index contributed by atoms with van der Waals surface area (Å²) in [6.45, 7) is 4.77. The van der Waals surface area contributed by atoms with Gasteiger partial charge in [0.15, 0.2) is 0 Å². The minimum atomic E-state index is -0.412. The van der Waals surface area contributed by atoms with Crippen LogP contribution in [0.2, 0.25) is 0 Å². The number of rotatable bonds is 5. The number of aromatic nitrogens is 2. The molecule has 29 heavy (non-hydrogen) atoms. The number of carbonyl (C=O) groups is 2. The average molecular weight is 392 g/mol. The molecule has 0 saturated carbocycles. The Morgan fingerprint density at radius 1 is 1.24 bits per heavy atom. The molecule has 7 heteroatoms. The highest BCUT2D eigenvalue weighted by Gasteiger charge is 2.24. The zero-order valence-corrected chi connectivity index (χ0v) is 16.6. The molecule has 3 heterocycles. The van der Waals surface area contributed by atoms with E-state index in [-0.39, 0.29) is 11.8 Å². The van der Waals surface area contributed by atoms with Gasteiger partial charge in [0.05, 0.1) is 12.2 Å². The molecule has 1 saturated heterocycles. The number of pyridine rings is 1. The summed E-state index contributed by atoms with van der Waals surface area (Å²) in [5, 5.41) is 5.81. The third-order valence-electron chi connectivity index (χ3n) is 5.22. The lowest BCUT2D eigenvalue weighted by molar-refractivity contribution is -0.124. The van der Waals surface area contributed by atoms with E-state index in [0.29, 0.717) is 24.4 Å². The molecule has 7 nitrogen and oxygen atoms in total. The molecule has 1 atom stereocenters. The van der Waals surface area contributed by atoms with Gasteiger partial charge in [0.25, 0.3) is 11.8 Å². The van der Waals surface area contributed by atoms with Crippen molar-refractivity contribution in [3.05, 3.63) is 65.1 Å². The van der Waals surface area contributed by atoms with Crippen molar-refractivity contribution in [1.29, 1.82) is 0 Å². The number of amides is 2. The summed E-state index contributed by atoms with van der Waals surface area (Å²) < 4.78 is 7.37. The second-order valence-electron chi connectivity index (χ2n) is 7.31. The molecular weight excluding hydrogens is 368 g/mol. The van der Waals surface area contributed by atoms with Gasteiger partial charge in [0, 0.05) is 30.3 Å². The molecule has 3 aromatic rings. The lowest BCUT2D eigenvalue weighted by atomic mass is 10.1. The van der Waals surface area contributed by atoms with Gasteiger partial charge in [-0.05, 0) is 56.0 Å². The first kappa shape index (κ1) is 19.1. The van der Waals surface area contributed by atoms with Crippen LogP contribution in [0.1, 0.15) is 40.0 Å². The monoisotopic (exact) mass is 392 g/mol. The van der Waals surface area contributed by atoms with Gasteiger partial charge in [-0.3, -0.25) is 9.59 Å². The molecule has 1 aromatic carbocycles. The molecule has 2 aromatic heterocycles. The first-order valence-corrected chi connectivity index (χ1v) is 9.76. The van der Waals surface area contributed by atoms with Crippen LogP contribution in [0.25, 0.3) is 5.65 Å². The molecule has 0 bridgehead atoms. The van der Waals surface area contributed by atoms with Gasteiger partial charge in [-0.15, -0.1) is 0 Å². The number of nitrogens with zero attached hydrogens (tertiary/aromatic N) is 2. The van der Waals surface area contributed by atoms with Crippen LogP contribution >= 0.6 is 0 Å². The summed E-state index contributed by atoms with van der Waals surface area (Å²) in [6, 6.07) is 9.28. The fourth-order valence-electron chi connectivity index (χ4n) is 3.57. The Labute approximate surface area is 169 Å². The lowest BCUT2D eigenvalue weighted by Gasteiger charge is -2.14. The van der Waals surface area contributed by atoms with Crippen molar-refractivity contribution in [3.8, 4) is 0 Å². The van der Waals surface area contributed by atoms with Gasteiger partial charge < -0.3 is 19.8 Å². The standard InChI is InChI=1S/C22H24N4O3/c1-14-6-4-10-26-13-16(24-20(14)26)12-23-21(27)17-7-3-8-18(15(17)2)25-22(28)19-9-5-11-29-19/h3-4,6-8,10,13,19H,5,9,11-12H2,1-2H3,(H,23,27)(H,25,28)/t19-/m1/s1. The Morgan fingerprint density at radius 2 is 2.10 bits per heavy atom. The summed E-state index contributed by atoms with van der Waals surface area (Å²) in [4.78, 5) is 29.6. The van der Waals surface area contributed by atoms with Crippen molar-refractivity contribution in [2.45, 2.75) is 39.3 Å². The fraction of sp³-hybridized carbons (Fsp3) is 0.318. The molecule has 1 fully saturated rings. The SMILES string of the molecule is Cc1c(NC(=O)[C@H]2CCCO2)cccc1C(=O)NCc1cn2cccc(C)c2n1. The number of fused-ring (bicyclic) bond motifs is 1. The largest absolute Gasteiger partial charge is 0.368 e. The molecule has 150 valence electrons. The van der Waals surface area contributed by atoms with Crippen LogP contribution < -0.4 is 10.6 Å². The predicted octanol–water partition coefficient (Wildman–Crippen LogP) is 3.00. The summed E-state index contributed by atoms with van der Waals surface area (Å²) in [5.41, 5.74) is 4.62. The highest BCUT2D eigenvalue weighted by atomic mass is 16.5. The van der Waals surface area contributed by atoms with Gasteiger partial charge in [-0.25, -0.2) is 4.98 Å². The number of imidazole rings is 1. The third-order valence-corrected chi connectivity index (χ3v) is 5.22. The molecule has 1 aliphatic heterocycles. The van der Waals surface area contributed by atoms with E-state index in [9.17, 15) is 9.59 Å². The molecule has 4 rings (SSSR count). The molecule has 0 spiro atoms. The summed E-state index contributed by atoms with van der Waals surface area (Å²) in [7, 11) is 0. The molecule has 0 radical (unpaired) electrons. The number of aryl methyl sites for hydroxylation is 1. The minimum absolute atomic E-state index is 0.164. The van der Waals surface area contributed by atoms with Gasteiger partial charge in [-0.2, -0.15) is 0 Å². The Kier molecular flexibility index (Phi) is 5.31. The van der Waals surface area contributed by atoms with Crippen LogP contribution in [0.4, 0.5) is 5.69 Å². The second-order valence-corrected chi connectivity index (χ2v) is 7.31. The number of anilines is 1. The van der Waals surface area contributed by atoms with Gasteiger partial charge in [0.1, 0.15) is 11.8 Å². The molecular formula is C22H24N4O3. The van der Waals surface area contributed by atoms with Crippen molar-refractivity contribution in [2.24, 2.45) is 0 Å². The minimum Gasteiger partial charge on any atom is -0.368 e. The Morgan fingerprint density at radius 3 is 2.86 bits per heavy atom. The number of hydrogen-bond acceptors (Lipinski definition) is 4. The molecule has 2 N–H and O–H groups in total. The highest BCUT2D eigenvalue weighted by molar-refractivity contribution is 6.00. The highest BCUT2D eigenvalue weighted by Crippen LogP contribution is 2.21. The maximum Gasteiger partial charge on any atom is 0.253 e. The number of benzene rings is 1. The normalized spacial score (nSPS) is 16.1. The number of ether oxygens (including phenoxy) is 1. The first-order chi connectivity index (χ1) is 14.0. The van der Waals surface area contributed by atoms with E-state index in [2.05, 4.69) is 15.6 Å². The maximum atomic E-state index is 12.7. The van der Waals surface area contributed by atoms with E-state index in [0.717, 1.165) is 35.3 Å². The summed E-state index contributed by atoms with van der Waals surface area (Å²) in [5.74, 6) is -0.368. The van der Waals surface area contributed by atoms with Crippen LogP contribution in [0, 0.1) is 13.8 Å². The summed E-state index contributed by atoms with van der Waals surface area (Å²) in [6.07, 6.45) is 5.05. The van der Waals surface area contributed by atoms with Crippen molar-refractivity contribution in [3.63, 3.8) is 0 Å². The molecule has 2 amide bonds.